The van der Waals surface area contributed by atoms with Crippen LogP contribution >= 0.6 is 0 Å². The smallest absolute Gasteiger partial charge is 0.282 e. The summed E-state index contributed by atoms with van der Waals surface area (Å²) < 4.78 is 29.4. The molecule has 3 unspecified atom stereocenters. The molecule has 0 amide bonds. The zero-order chi connectivity index (χ0) is 15.7. The molecule has 21 heavy (non-hydrogen) atoms. The van der Waals surface area contributed by atoms with E-state index >= 15 is 0 Å². The van der Waals surface area contributed by atoms with Crippen LogP contribution in [0.1, 0.15) is 58.8 Å². The van der Waals surface area contributed by atoms with Crippen molar-refractivity contribution in [2.45, 2.75) is 70.4 Å². The van der Waals surface area contributed by atoms with Gasteiger partial charge in [-0.05, 0) is 38.5 Å². The SMILES string of the molecule is CC1CCCC(CN)(N(C)S(=O)(=O)N2CCCCC2C)C1. The van der Waals surface area contributed by atoms with Gasteiger partial charge in [0.2, 0.25) is 0 Å². The summed E-state index contributed by atoms with van der Waals surface area (Å²) in [4.78, 5) is 0. The van der Waals surface area contributed by atoms with E-state index in [0.717, 1.165) is 38.5 Å². The summed E-state index contributed by atoms with van der Waals surface area (Å²) >= 11 is 0. The fourth-order valence-electron chi connectivity index (χ4n) is 4.05. The van der Waals surface area contributed by atoms with Gasteiger partial charge in [-0.2, -0.15) is 17.0 Å². The highest BCUT2D eigenvalue weighted by Crippen LogP contribution is 2.38. The lowest BCUT2D eigenvalue weighted by Gasteiger charge is -2.47. The molecule has 124 valence electrons. The van der Waals surface area contributed by atoms with Crippen LogP contribution in [0.4, 0.5) is 0 Å². The summed E-state index contributed by atoms with van der Waals surface area (Å²) in [7, 11) is -1.68. The first kappa shape index (κ1) is 17.2. The second kappa shape index (κ2) is 6.52. The molecular weight excluding hydrogens is 286 g/mol. The molecule has 6 heteroatoms. The molecule has 0 aromatic rings. The molecule has 1 saturated heterocycles. The van der Waals surface area contributed by atoms with E-state index in [4.69, 9.17) is 5.73 Å². The highest BCUT2D eigenvalue weighted by Gasteiger charge is 2.45. The number of hydrogen-bond acceptors (Lipinski definition) is 3. The van der Waals surface area contributed by atoms with Crippen LogP contribution in [0.15, 0.2) is 0 Å². The van der Waals surface area contributed by atoms with E-state index in [9.17, 15) is 8.42 Å². The van der Waals surface area contributed by atoms with Crippen LogP contribution in [0.2, 0.25) is 0 Å². The molecule has 3 atom stereocenters. The second-order valence-corrected chi connectivity index (χ2v) is 8.97. The number of nitrogens with two attached hydrogens (primary N) is 1. The maximum atomic E-state index is 13.1. The standard InChI is InChI=1S/C15H31N3O2S/c1-13-7-6-9-15(11-13,12-16)17(3)21(19,20)18-10-5-4-8-14(18)2/h13-14H,4-12,16H2,1-3H3. The second-order valence-electron chi connectivity index (χ2n) is 7.06. The van der Waals surface area contributed by atoms with Crippen molar-refractivity contribution in [2.24, 2.45) is 11.7 Å². The molecule has 1 aliphatic heterocycles. The number of rotatable bonds is 4. The number of likely N-dealkylation sites (N-methyl/N-ethyl adjacent to an activating group) is 1. The van der Waals surface area contributed by atoms with Crippen molar-refractivity contribution in [1.29, 1.82) is 0 Å². The quantitative estimate of drug-likeness (QED) is 0.862. The largest absolute Gasteiger partial charge is 0.329 e. The van der Waals surface area contributed by atoms with Gasteiger partial charge in [-0.1, -0.05) is 26.2 Å². The summed E-state index contributed by atoms with van der Waals surface area (Å²) in [6, 6.07) is 0.0991. The monoisotopic (exact) mass is 317 g/mol. The number of nitrogens with zero attached hydrogens (tertiary/aromatic N) is 2. The Kier molecular flexibility index (Phi) is 5.34. The van der Waals surface area contributed by atoms with Crippen LogP contribution in [0.25, 0.3) is 0 Å². The molecule has 0 spiro atoms. The maximum Gasteiger partial charge on any atom is 0.282 e. The summed E-state index contributed by atoms with van der Waals surface area (Å²) in [6.45, 7) is 5.27. The Morgan fingerprint density at radius 3 is 2.52 bits per heavy atom. The lowest BCUT2D eigenvalue weighted by atomic mass is 9.76. The predicted molar refractivity (Wildman–Crippen MR) is 86.1 cm³/mol. The van der Waals surface area contributed by atoms with Gasteiger partial charge in [0, 0.05) is 31.7 Å². The molecule has 2 rings (SSSR count). The molecule has 1 heterocycles. The van der Waals surface area contributed by atoms with E-state index in [2.05, 4.69) is 6.92 Å². The van der Waals surface area contributed by atoms with Gasteiger partial charge in [-0.25, -0.2) is 0 Å². The third kappa shape index (κ3) is 3.28. The minimum atomic E-state index is -3.42. The van der Waals surface area contributed by atoms with Crippen molar-refractivity contribution in [3.8, 4) is 0 Å². The first-order valence-corrected chi connectivity index (χ1v) is 9.69. The Morgan fingerprint density at radius 2 is 1.95 bits per heavy atom. The van der Waals surface area contributed by atoms with Gasteiger partial charge in [0.1, 0.15) is 0 Å². The van der Waals surface area contributed by atoms with E-state index in [1.807, 2.05) is 6.92 Å². The van der Waals surface area contributed by atoms with E-state index < -0.39 is 15.7 Å². The Hall–Kier alpha value is -0.170. The molecule has 0 aromatic heterocycles. The minimum Gasteiger partial charge on any atom is -0.329 e. The molecule has 2 aliphatic rings. The van der Waals surface area contributed by atoms with Gasteiger partial charge in [0.05, 0.1) is 0 Å². The molecule has 0 radical (unpaired) electrons. The van der Waals surface area contributed by atoms with Crippen LogP contribution in [-0.2, 0) is 10.2 Å². The van der Waals surface area contributed by atoms with Crippen molar-refractivity contribution < 1.29 is 8.42 Å². The molecule has 1 aliphatic carbocycles. The summed E-state index contributed by atoms with van der Waals surface area (Å²) in [6.07, 6.45) is 7.04. The predicted octanol–water partition coefficient (Wildman–Crippen LogP) is 1.95. The minimum absolute atomic E-state index is 0.0991. The molecule has 1 saturated carbocycles. The summed E-state index contributed by atoms with van der Waals surface area (Å²) in [5.74, 6) is 0.540. The average molecular weight is 317 g/mol. The van der Waals surface area contributed by atoms with Crippen molar-refractivity contribution >= 4 is 10.2 Å². The van der Waals surface area contributed by atoms with E-state index in [1.165, 1.54) is 6.42 Å². The van der Waals surface area contributed by atoms with Crippen molar-refractivity contribution in [3.05, 3.63) is 0 Å². The van der Waals surface area contributed by atoms with E-state index in [1.54, 1.807) is 15.7 Å². The molecule has 2 fully saturated rings. The fraction of sp³-hybridized carbons (Fsp3) is 1.00. The zero-order valence-electron chi connectivity index (χ0n) is 13.7. The fourth-order valence-corrected chi connectivity index (χ4v) is 6.01. The number of piperidine rings is 1. The Balaban J connectivity index is 2.25. The van der Waals surface area contributed by atoms with Gasteiger partial charge < -0.3 is 5.73 Å². The molecule has 2 N–H and O–H groups in total. The van der Waals surface area contributed by atoms with Crippen LogP contribution < -0.4 is 5.73 Å². The zero-order valence-corrected chi connectivity index (χ0v) is 14.5. The lowest BCUT2D eigenvalue weighted by Crippen LogP contribution is -2.61. The van der Waals surface area contributed by atoms with E-state index in [0.29, 0.717) is 19.0 Å². The molecule has 0 aromatic carbocycles. The summed E-state index contributed by atoms with van der Waals surface area (Å²) in [5, 5.41) is 0. The van der Waals surface area contributed by atoms with Crippen LogP contribution in [0.5, 0.6) is 0 Å². The van der Waals surface area contributed by atoms with Crippen LogP contribution in [-0.4, -0.2) is 48.7 Å². The van der Waals surface area contributed by atoms with Gasteiger partial charge in [0.25, 0.3) is 10.2 Å². The number of hydrogen-bond donors (Lipinski definition) is 1. The summed E-state index contributed by atoms with van der Waals surface area (Å²) in [5.41, 5.74) is 5.64. The highest BCUT2D eigenvalue weighted by molar-refractivity contribution is 7.86. The molecule has 0 bridgehead atoms. The molecular formula is C15H31N3O2S. The van der Waals surface area contributed by atoms with Gasteiger partial charge >= 0.3 is 0 Å². The van der Waals surface area contributed by atoms with Crippen LogP contribution in [0, 0.1) is 5.92 Å². The lowest BCUT2D eigenvalue weighted by molar-refractivity contribution is 0.115. The average Bonchev–Trinajstić information content (AvgIpc) is 2.46. The first-order valence-electron chi connectivity index (χ1n) is 8.29. The highest BCUT2D eigenvalue weighted by atomic mass is 32.2. The topological polar surface area (TPSA) is 66.6 Å². The van der Waals surface area contributed by atoms with Gasteiger partial charge in [0.15, 0.2) is 0 Å². The van der Waals surface area contributed by atoms with Gasteiger partial charge in [-0.3, -0.25) is 0 Å². The third-order valence-electron chi connectivity index (χ3n) is 5.50. The van der Waals surface area contributed by atoms with Crippen LogP contribution in [0.3, 0.4) is 0 Å². The van der Waals surface area contributed by atoms with E-state index in [-0.39, 0.29) is 6.04 Å². The normalized spacial score (nSPS) is 36.0. The van der Waals surface area contributed by atoms with Crippen molar-refractivity contribution in [1.82, 2.24) is 8.61 Å². The Labute approximate surface area is 130 Å². The molecule has 5 nitrogen and oxygen atoms in total. The maximum absolute atomic E-state index is 13.1. The third-order valence-corrected chi connectivity index (χ3v) is 7.71. The Morgan fingerprint density at radius 1 is 1.24 bits per heavy atom. The Bertz CT molecular complexity index is 454. The van der Waals surface area contributed by atoms with Gasteiger partial charge in [-0.15, -0.1) is 0 Å². The van der Waals surface area contributed by atoms with Crippen molar-refractivity contribution in [2.75, 3.05) is 20.1 Å². The first-order chi connectivity index (χ1) is 9.83. The van der Waals surface area contributed by atoms with Crippen molar-refractivity contribution in [3.63, 3.8) is 0 Å².